The van der Waals surface area contributed by atoms with Crippen molar-refractivity contribution < 1.29 is 18.0 Å². The molecule has 0 radical (unpaired) electrons. The van der Waals surface area contributed by atoms with Gasteiger partial charge in [-0.2, -0.15) is 0 Å². The Bertz CT molecular complexity index is 1340. The number of rotatable bonds is 15. The van der Waals surface area contributed by atoms with Gasteiger partial charge in [0.2, 0.25) is 10.0 Å². The zero-order valence-corrected chi connectivity index (χ0v) is 24.3. The first-order chi connectivity index (χ1) is 19.3. The van der Waals surface area contributed by atoms with Crippen LogP contribution in [0.25, 0.3) is 11.1 Å². The molecule has 214 valence electrons. The van der Waals surface area contributed by atoms with Crippen molar-refractivity contribution in [2.24, 2.45) is 0 Å². The van der Waals surface area contributed by atoms with Crippen molar-refractivity contribution in [3.63, 3.8) is 0 Å². The fourth-order valence-corrected chi connectivity index (χ4v) is 5.77. The van der Waals surface area contributed by atoms with Gasteiger partial charge in [-0.15, -0.1) is 0 Å². The maximum Gasteiger partial charge on any atom is 0.314 e. The smallest absolute Gasteiger partial charge is 0.314 e. The van der Waals surface area contributed by atoms with Crippen molar-refractivity contribution in [3.05, 3.63) is 95.6 Å². The largest absolute Gasteiger partial charge is 0.341 e. The third-order valence-electron chi connectivity index (χ3n) is 6.94. The van der Waals surface area contributed by atoms with E-state index in [1.807, 2.05) is 85.5 Å². The second kappa shape index (κ2) is 15.3. The maximum atomic E-state index is 13.6. The minimum atomic E-state index is -3.68. The third kappa shape index (κ3) is 9.29. The summed E-state index contributed by atoms with van der Waals surface area (Å²) >= 11 is 0. The number of urea groups is 1. The van der Waals surface area contributed by atoms with E-state index < -0.39 is 16.1 Å². The molecule has 2 amide bonds. The lowest BCUT2D eigenvalue weighted by atomic mass is 9.95. The average Bonchev–Trinajstić information content (AvgIpc) is 2.99. The molecule has 0 aliphatic rings. The molecule has 0 saturated heterocycles. The Balaban J connectivity index is 1.80. The first-order valence-electron chi connectivity index (χ1n) is 13.7. The summed E-state index contributed by atoms with van der Waals surface area (Å²) in [5.74, 6) is -0.327. The quantitative estimate of drug-likeness (QED) is 0.240. The van der Waals surface area contributed by atoms with Gasteiger partial charge in [-0.1, -0.05) is 92.7 Å². The van der Waals surface area contributed by atoms with Crippen molar-refractivity contribution in [1.82, 2.24) is 20.3 Å². The number of carbonyl (C=O) groups is 2. The van der Waals surface area contributed by atoms with Gasteiger partial charge in [0.25, 0.3) is 0 Å². The highest BCUT2D eigenvalue weighted by molar-refractivity contribution is 7.89. The number of amides is 2. The van der Waals surface area contributed by atoms with Crippen LogP contribution in [0.15, 0.2) is 78.9 Å². The lowest BCUT2D eigenvalue weighted by molar-refractivity contribution is 0.0949. The van der Waals surface area contributed by atoms with E-state index >= 15 is 0 Å². The molecule has 0 heterocycles. The summed E-state index contributed by atoms with van der Waals surface area (Å²) in [6, 6.07) is 23.5. The van der Waals surface area contributed by atoms with Gasteiger partial charge < -0.3 is 15.5 Å². The van der Waals surface area contributed by atoms with Gasteiger partial charge in [0.1, 0.15) is 0 Å². The standard InChI is InChI=1S/C31H40N4O4S/c1-4-35(5-2)21-22-40(38,39)34-29(20-15-24-11-7-6-8-12-24)30(36)26-18-16-25(17-19-26)28-14-10-9-13-27(28)23-33-31(37)32-3/h6-14,16-19,29,34H,4-5,15,20-23H2,1-3H3,(H2,32,33,37)/t29-/m1/s1. The normalized spacial score (nSPS) is 12.2. The summed E-state index contributed by atoms with van der Waals surface area (Å²) in [5.41, 5.74) is 4.25. The second-order valence-electron chi connectivity index (χ2n) is 9.57. The Labute approximate surface area is 238 Å². The molecule has 0 saturated carbocycles. The van der Waals surface area contributed by atoms with Crippen molar-refractivity contribution >= 4 is 21.8 Å². The van der Waals surface area contributed by atoms with E-state index in [4.69, 9.17) is 0 Å². The van der Waals surface area contributed by atoms with Gasteiger partial charge in [-0.25, -0.2) is 17.9 Å². The summed E-state index contributed by atoms with van der Waals surface area (Å²) in [7, 11) is -2.11. The molecule has 0 unspecified atom stereocenters. The van der Waals surface area contributed by atoms with Crippen LogP contribution in [0.2, 0.25) is 0 Å². The van der Waals surface area contributed by atoms with Gasteiger partial charge in [0.15, 0.2) is 5.78 Å². The fraction of sp³-hybridized carbons (Fsp3) is 0.355. The Hall–Kier alpha value is -3.53. The van der Waals surface area contributed by atoms with E-state index in [0.717, 1.165) is 35.3 Å². The molecule has 3 aromatic rings. The molecule has 0 aromatic heterocycles. The molecule has 9 heteroatoms. The van der Waals surface area contributed by atoms with Crippen molar-refractivity contribution in [1.29, 1.82) is 0 Å². The predicted octanol–water partition coefficient (Wildman–Crippen LogP) is 4.23. The molecular weight excluding hydrogens is 524 g/mol. The van der Waals surface area contributed by atoms with E-state index in [1.165, 1.54) is 0 Å². The molecule has 1 atom stereocenters. The number of Topliss-reactive ketones (excluding diaryl/α,β-unsaturated/α-hetero) is 1. The number of ketones is 1. The van der Waals surface area contributed by atoms with Crippen molar-refractivity contribution in [3.8, 4) is 11.1 Å². The molecule has 0 aliphatic carbocycles. The lowest BCUT2D eigenvalue weighted by Gasteiger charge is -2.21. The summed E-state index contributed by atoms with van der Waals surface area (Å²) in [5, 5.41) is 5.35. The van der Waals surface area contributed by atoms with Crippen LogP contribution in [-0.2, 0) is 23.0 Å². The number of nitrogens with zero attached hydrogens (tertiary/aromatic N) is 1. The van der Waals surface area contributed by atoms with E-state index in [1.54, 1.807) is 19.2 Å². The van der Waals surface area contributed by atoms with Crippen LogP contribution < -0.4 is 15.4 Å². The summed E-state index contributed by atoms with van der Waals surface area (Å²) in [6.07, 6.45) is 0.919. The minimum absolute atomic E-state index is 0.0659. The Morgan fingerprint density at radius 3 is 2.17 bits per heavy atom. The molecule has 8 nitrogen and oxygen atoms in total. The van der Waals surface area contributed by atoms with Gasteiger partial charge >= 0.3 is 6.03 Å². The molecule has 0 aliphatic heterocycles. The maximum absolute atomic E-state index is 13.6. The summed E-state index contributed by atoms with van der Waals surface area (Å²) in [6.45, 7) is 6.28. The van der Waals surface area contributed by atoms with Gasteiger partial charge in [-0.05, 0) is 48.2 Å². The first kappa shape index (κ1) is 31.0. The summed E-state index contributed by atoms with van der Waals surface area (Å²) in [4.78, 5) is 27.3. The number of sulfonamides is 1. The number of hydrogen-bond donors (Lipinski definition) is 3. The van der Waals surface area contributed by atoms with Crippen LogP contribution in [0, 0.1) is 0 Å². The van der Waals surface area contributed by atoms with Crippen LogP contribution in [0.4, 0.5) is 4.79 Å². The fourth-order valence-electron chi connectivity index (χ4n) is 4.50. The van der Waals surface area contributed by atoms with Gasteiger partial charge in [0, 0.05) is 25.7 Å². The van der Waals surface area contributed by atoms with Crippen LogP contribution in [0.1, 0.15) is 41.8 Å². The van der Waals surface area contributed by atoms with Crippen LogP contribution in [0.3, 0.4) is 0 Å². The zero-order chi connectivity index (χ0) is 29.0. The van der Waals surface area contributed by atoms with Crippen molar-refractivity contribution in [2.45, 2.75) is 39.3 Å². The molecule has 3 rings (SSSR count). The Kier molecular flexibility index (Phi) is 11.9. The Morgan fingerprint density at radius 2 is 1.52 bits per heavy atom. The summed E-state index contributed by atoms with van der Waals surface area (Å²) < 4.78 is 28.7. The monoisotopic (exact) mass is 564 g/mol. The molecular formula is C31H40N4O4S. The number of carbonyl (C=O) groups excluding carboxylic acids is 2. The number of hydrogen-bond acceptors (Lipinski definition) is 5. The topological polar surface area (TPSA) is 108 Å². The molecule has 3 aromatic carbocycles. The van der Waals surface area contributed by atoms with E-state index in [9.17, 15) is 18.0 Å². The predicted molar refractivity (Wildman–Crippen MR) is 161 cm³/mol. The minimum Gasteiger partial charge on any atom is -0.341 e. The third-order valence-corrected chi connectivity index (χ3v) is 8.30. The molecule has 3 N–H and O–H groups in total. The zero-order valence-electron chi connectivity index (χ0n) is 23.5. The van der Waals surface area contributed by atoms with E-state index in [-0.39, 0.29) is 17.6 Å². The Morgan fingerprint density at radius 1 is 0.875 bits per heavy atom. The SMILES string of the molecule is CCN(CC)CCS(=O)(=O)N[C@H](CCc1ccccc1)C(=O)c1ccc(-c2ccccc2CNC(=O)NC)cc1. The molecule has 0 bridgehead atoms. The highest BCUT2D eigenvalue weighted by Crippen LogP contribution is 2.25. The van der Waals surface area contributed by atoms with Crippen molar-refractivity contribution in [2.75, 3.05) is 32.4 Å². The average molecular weight is 565 g/mol. The molecule has 40 heavy (non-hydrogen) atoms. The highest BCUT2D eigenvalue weighted by Gasteiger charge is 2.26. The highest BCUT2D eigenvalue weighted by atomic mass is 32.2. The van der Waals surface area contributed by atoms with Gasteiger partial charge in [-0.3, -0.25) is 4.79 Å². The number of benzene rings is 3. The van der Waals surface area contributed by atoms with Crippen LogP contribution in [-0.4, -0.2) is 63.6 Å². The first-order valence-corrected chi connectivity index (χ1v) is 15.4. The van der Waals surface area contributed by atoms with Crippen LogP contribution >= 0.6 is 0 Å². The van der Waals surface area contributed by atoms with Crippen LogP contribution in [0.5, 0.6) is 0 Å². The van der Waals surface area contributed by atoms with E-state index in [0.29, 0.717) is 31.5 Å². The molecule has 0 fully saturated rings. The second-order valence-corrected chi connectivity index (χ2v) is 11.4. The van der Waals surface area contributed by atoms with E-state index in [2.05, 4.69) is 15.4 Å². The number of nitrogens with one attached hydrogen (secondary N) is 3. The number of aryl methyl sites for hydroxylation is 1. The molecule has 0 spiro atoms. The lowest BCUT2D eigenvalue weighted by Crippen LogP contribution is -2.44. The van der Waals surface area contributed by atoms with Gasteiger partial charge in [0.05, 0.1) is 11.8 Å².